The zero-order valence-electron chi connectivity index (χ0n) is 15.9. The molecule has 0 aromatic heterocycles. The Labute approximate surface area is 170 Å². The molecule has 2 aromatic rings. The van der Waals surface area contributed by atoms with E-state index in [4.69, 9.17) is 21.1 Å². The molecule has 0 aliphatic carbocycles. The van der Waals surface area contributed by atoms with Gasteiger partial charge in [0.2, 0.25) is 10.0 Å². The van der Waals surface area contributed by atoms with Gasteiger partial charge in [-0.3, -0.25) is 9.10 Å². The minimum atomic E-state index is -3.33. The second-order valence-electron chi connectivity index (χ2n) is 6.08. The number of halogens is 1. The van der Waals surface area contributed by atoms with Gasteiger partial charge in [0.1, 0.15) is 18.1 Å². The highest BCUT2D eigenvalue weighted by Crippen LogP contribution is 2.21. The van der Waals surface area contributed by atoms with Crippen molar-refractivity contribution >= 4 is 33.2 Å². The molecule has 0 saturated heterocycles. The summed E-state index contributed by atoms with van der Waals surface area (Å²) >= 11 is 5.80. The summed E-state index contributed by atoms with van der Waals surface area (Å²) in [6, 6.07) is 13.4. The molecule has 7 nitrogen and oxygen atoms in total. The average molecular weight is 427 g/mol. The number of benzene rings is 2. The first kappa shape index (κ1) is 21.8. The number of hydrogen-bond donors (Lipinski definition) is 1. The van der Waals surface area contributed by atoms with E-state index >= 15 is 0 Å². The molecule has 1 N–H and O–H groups in total. The third kappa shape index (κ3) is 6.61. The summed E-state index contributed by atoms with van der Waals surface area (Å²) in [7, 11) is -1.86. The molecule has 152 valence electrons. The predicted octanol–water partition coefficient (Wildman–Crippen LogP) is 2.70. The molecule has 0 bridgehead atoms. The molecule has 1 atom stereocenters. The topological polar surface area (TPSA) is 84.9 Å². The second kappa shape index (κ2) is 9.66. The van der Waals surface area contributed by atoms with Crippen LogP contribution < -0.4 is 19.1 Å². The Morgan fingerprint density at radius 1 is 1.11 bits per heavy atom. The van der Waals surface area contributed by atoms with E-state index < -0.39 is 16.1 Å². The maximum Gasteiger partial charge on any atom is 0.260 e. The molecule has 0 radical (unpaired) electrons. The number of amides is 1. The van der Waals surface area contributed by atoms with Crippen molar-refractivity contribution in [2.75, 3.05) is 30.8 Å². The van der Waals surface area contributed by atoms with Crippen LogP contribution in [-0.4, -0.2) is 46.9 Å². The van der Waals surface area contributed by atoms with Gasteiger partial charge in [-0.2, -0.15) is 0 Å². The minimum Gasteiger partial charge on any atom is -0.492 e. The van der Waals surface area contributed by atoms with Crippen LogP contribution in [0.5, 0.6) is 11.5 Å². The maximum absolute atomic E-state index is 12.1. The first-order valence-electron chi connectivity index (χ1n) is 8.53. The van der Waals surface area contributed by atoms with Crippen LogP contribution in [0, 0.1) is 0 Å². The van der Waals surface area contributed by atoms with Gasteiger partial charge in [-0.25, -0.2) is 8.42 Å². The Balaban J connectivity index is 1.77. The number of nitrogens with one attached hydrogen (secondary N) is 1. The fourth-order valence-electron chi connectivity index (χ4n) is 2.20. The van der Waals surface area contributed by atoms with Crippen LogP contribution in [0.2, 0.25) is 5.02 Å². The molecule has 0 fully saturated rings. The lowest BCUT2D eigenvalue weighted by atomic mass is 10.3. The molecule has 0 aliphatic rings. The number of anilines is 1. The Hall–Kier alpha value is -2.45. The Kier molecular flexibility index (Phi) is 7.53. The Bertz CT molecular complexity index is 886. The number of sulfonamides is 1. The molecular formula is C19H23ClN2O5S. The molecule has 0 saturated carbocycles. The first-order chi connectivity index (χ1) is 13.2. The van der Waals surface area contributed by atoms with Gasteiger partial charge in [-0.05, 0) is 55.5 Å². The van der Waals surface area contributed by atoms with Crippen molar-refractivity contribution in [3.05, 3.63) is 53.6 Å². The molecule has 2 aromatic carbocycles. The van der Waals surface area contributed by atoms with Crippen molar-refractivity contribution in [2.24, 2.45) is 0 Å². The third-order valence-electron chi connectivity index (χ3n) is 3.86. The highest BCUT2D eigenvalue weighted by atomic mass is 35.5. The minimum absolute atomic E-state index is 0.281. The number of nitrogens with zero attached hydrogens (tertiary/aromatic N) is 1. The van der Waals surface area contributed by atoms with Crippen LogP contribution in [0.15, 0.2) is 48.5 Å². The van der Waals surface area contributed by atoms with E-state index in [2.05, 4.69) is 5.32 Å². The van der Waals surface area contributed by atoms with Crippen molar-refractivity contribution in [2.45, 2.75) is 13.0 Å². The fourth-order valence-corrected chi connectivity index (χ4v) is 2.83. The van der Waals surface area contributed by atoms with E-state index in [0.717, 1.165) is 10.6 Å². The zero-order valence-corrected chi connectivity index (χ0v) is 17.5. The van der Waals surface area contributed by atoms with Gasteiger partial charge in [0, 0.05) is 12.1 Å². The molecule has 0 aliphatic heterocycles. The van der Waals surface area contributed by atoms with E-state index in [0.29, 0.717) is 35.4 Å². The molecule has 0 unspecified atom stereocenters. The van der Waals surface area contributed by atoms with Crippen molar-refractivity contribution in [3.8, 4) is 11.5 Å². The molecule has 28 heavy (non-hydrogen) atoms. The number of carbonyl (C=O) groups is 1. The van der Waals surface area contributed by atoms with Gasteiger partial charge in [0.25, 0.3) is 5.91 Å². The standard InChI is InChI=1S/C19H23ClN2O5S/c1-14(19(23)21-12-13-26-17-8-4-15(20)5-9-17)27-18-10-6-16(7-11-18)22(2)28(3,24)25/h4-11,14H,12-13H2,1-3H3,(H,21,23)/t14-/m0/s1. The van der Waals surface area contributed by atoms with Gasteiger partial charge in [-0.1, -0.05) is 11.6 Å². The predicted molar refractivity (Wildman–Crippen MR) is 110 cm³/mol. The number of rotatable bonds is 9. The SMILES string of the molecule is C[C@H](Oc1ccc(N(C)S(C)(=O)=O)cc1)C(=O)NCCOc1ccc(Cl)cc1. The molecule has 0 heterocycles. The average Bonchev–Trinajstić information content (AvgIpc) is 2.65. The van der Waals surface area contributed by atoms with Crippen molar-refractivity contribution < 1.29 is 22.7 Å². The monoisotopic (exact) mass is 426 g/mol. The number of carbonyl (C=O) groups excluding carboxylic acids is 1. The summed E-state index contributed by atoms with van der Waals surface area (Å²) < 4.78 is 35.3. The Morgan fingerprint density at radius 3 is 2.25 bits per heavy atom. The van der Waals surface area contributed by atoms with Crippen LogP contribution in [0.1, 0.15) is 6.92 Å². The maximum atomic E-state index is 12.1. The lowest BCUT2D eigenvalue weighted by Gasteiger charge is -2.18. The highest BCUT2D eigenvalue weighted by molar-refractivity contribution is 7.92. The lowest BCUT2D eigenvalue weighted by Crippen LogP contribution is -2.38. The fraction of sp³-hybridized carbons (Fsp3) is 0.316. The van der Waals surface area contributed by atoms with Crippen LogP contribution in [0.25, 0.3) is 0 Å². The summed E-state index contributed by atoms with van der Waals surface area (Å²) in [5.74, 6) is 0.852. The summed E-state index contributed by atoms with van der Waals surface area (Å²) in [6.07, 6.45) is 0.412. The van der Waals surface area contributed by atoms with E-state index in [-0.39, 0.29) is 5.91 Å². The molecule has 0 spiro atoms. The molecular weight excluding hydrogens is 404 g/mol. The normalized spacial score (nSPS) is 12.1. The van der Waals surface area contributed by atoms with Crippen LogP contribution >= 0.6 is 11.6 Å². The highest BCUT2D eigenvalue weighted by Gasteiger charge is 2.15. The zero-order chi connectivity index (χ0) is 20.7. The van der Waals surface area contributed by atoms with Gasteiger partial charge < -0.3 is 14.8 Å². The smallest absolute Gasteiger partial charge is 0.260 e. The van der Waals surface area contributed by atoms with Crippen LogP contribution in [0.4, 0.5) is 5.69 Å². The molecule has 9 heteroatoms. The first-order valence-corrected chi connectivity index (χ1v) is 10.8. The van der Waals surface area contributed by atoms with Crippen molar-refractivity contribution in [1.82, 2.24) is 5.32 Å². The summed E-state index contributed by atoms with van der Waals surface area (Å²) in [6.45, 7) is 2.27. The summed E-state index contributed by atoms with van der Waals surface area (Å²) in [5, 5.41) is 3.36. The summed E-state index contributed by atoms with van der Waals surface area (Å²) in [5.41, 5.74) is 0.506. The van der Waals surface area contributed by atoms with Crippen LogP contribution in [0.3, 0.4) is 0 Å². The Morgan fingerprint density at radius 2 is 1.68 bits per heavy atom. The van der Waals surface area contributed by atoms with Crippen molar-refractivity contribution in [1.29, 1.82) is 0 Å². The third-order valence-corrected chi connectivity index (χ3v) is 5.32. The number of ether oxygens (including phenoxy) is 2. The van der Waals surface area contributed by atoms with Gasteiger partial charge in [0.15, 0.2) is 6.10 Å². The largest absolute Gasteiger partial charge is 0.492 e. The number of hydrogen-bond acceptors (Lipinski definition) is 5. The van der Waals surface area contributed by atoms with E-state index in [1.165, 1.54) is 7.05 Å². The van der Waals surface area contributed by atoms with Gasteiger partial charge in [0.05, 0.1) is 18.5 Å². The van der Waals surface area contributed by atoms with E-state index in [1.54, 1.807) is 55.5 Å². The quantitative estimate of drug-likeness (QED) is 0.623. The molecule has 2 rings (SSSR count). The lowest BCUT2D eigenvalue weighted by molar-refractivity contribution is -0.127. The van der Waals surface area contributed by atoms with Gasteiger partial charge >= 0.3 is 0 Å². The van der Waals surface area contributed by atoms with Gasteiger partial charge in [-0.15, -0.1) is 0 Å². The second-order valence-corrected chi connectivity index (χ2v) is 8.53. The summed E-state index contributed by atoms with van der Waals surface area (Å²) in [4.78, 5) is 12.1. The van der Waals surface area contributed by atoms with Crippen LogP contribution in [-0.2, 0) is 14.8 Å². The molecule has 1 amide bonds. The van der Waals surface area contributed by atoms with E-state index in [9.17, 15) is 13.2 Å². The van der Waals surface area contributed by atoms with E-state index in [1.807, 2.05) is 0 Å². The van der Waals surface area contributed by atoms with Crippen molar-refractivity contribution in [3.63, 3.8) is 0 Å².